The number of hydrogen-bond acceptors (Lipinski definition) is 5. The summed E-state index contributed by atoms with van der Waals surface area (Å²) in [6.07, 6.45) is 0.751. The van der Waals surface area contributed by atoms with E-state index in [1.54, 1.807) is 0 Å². The lowest BCUT2D eigenvalue weighted by molar-refractivity contribution is 0.328. The first kappa shape index (κ1) is 16.8. The van der Waals surface area contributed by atoms with Gasteiger partial charge in [0.05, 0.1) is 11.5 Å². The van der Waals surface area contributed by atoms with Crippen LogP contribution >= 0.6 is 0 Å². The Morgan fingerprint density at radius 3 is 2.47 bits per heavy atom. The molecule has 1 saturated heterocycles. The van der Waals surface area contributed by atoms with E-state index in [-0.39, 0.29) is 30.0 Å². The summed E-state index contributed by atoms with van der Waals surface area (Å²) in [4.78, 5) is 0. The van der Waals surface area contributed by atoms with Crippen LogP contribution in [0.4, 0.5) is 0 Å². The maximum Gasteiger partial charge on any atom is 0.213 e. The second kappa shape index (κ2) is 6.98. The van der Waals surface area contributed by atoms with E-state index in [0.717, 1.165) is 19.5 Å². The zero-order valence-electron chi connectivity index (χ0n) is 11.3. The van der Waals surface area contributed by atoms with Crippen LogP contribution in [0.15, 0.2) is 0 Å². The SMILES string of the molecule is CCS(=O)(=O)NCCS(=O)(=O)NC1CCNCC1C. The van der Waals surface area contributed by atoms with Crippen molar-refractivity contribution in [3.8, 4) is 0 Å². The van der Waals surface area contributed by atoms with Crippen molar-refractivity contribution in [1.82, 2.24) is 14.8 Å². The minimum Gasteiger partial charge on any atom is -0.316 e. The topological polar surface area (TPSA) is 104 Å². The number of sulfonamides is 2. The summed E-state index contributed by atoms with van der Waals surface area (Å²) >= 11 is 0. The van der Waals surface area contributed by atoms with E-state index in [0.29, 0.717) is 0 Å². The highest BCUT2D eigenvalue weighted by Crippen LogP contribution is 2.11. The van der Waals surface area contributed by atoms with Gasteiger partial charge in [-0.2, -0.15) is 0 Å². The van der Waals surface area contributed by atoms with Crippen LogP contribution in [-0.2, 0) is 20.0 Å². The fourth-order valence-corrected chi connectivity index (χ4v) is 3.96. The maximum atomic E-state index is 11.9. The number of rotatable bonds is 7. The van der Waals surface area contributed by atoms with E-state index in [1.807, 2.05) is 6.92 Å². The molecule has 0 aromatic rings. The first-order valence-electron chi connectivity index (χ1n) is 6.44. The first-order valence-corrected chi connectivity index (χ1v) is 9.74. The summed E-state index contributed by atoms with van der Waals surface area (Å²) in [7, 11) is -6.79. The first-order chi connectivity index (χ1) is 8.76. The molecule has 3 N–H and O–H groups in total. The molecule has 1 aliphatic heterocycles. The number of piperidine rings is 1. The molecular weight excluding hydrogens is 290 g/mol. The van der Waals surface area contributed by atoms with Gasteiger partial charge in [-0.25, -0.2) is 26.3 Å². The molecule has 1 rings (SSSR count). The molecule has 0 aromatic heterocycles. The monoisotopic (exact) mass is 313 g/mol. The van der Waals surface area contributed by atoms with Crippen LogP contribution in [0.2, 0.25) is 0 Å². The molecule has 0 amide bonds. The van der Waals surface area contributed by atoms with E-state index in [4.69, 9.17) is 0 Å². The van der Waals surface area contributed by atoms with Gasteiger partial charge in [0.1, 0.15) is 0 Å². The molecule has 2 unspecified atom stereocenters. The van der Waals surface area contributed by atoms with Crippen LogP contribution in [0, 0.1) is 5.92 Å². The van der Waals surface area contributed by atoms with Gasteiger partial charge in [0, 0.05) is 12.6 Å². The van der Waals surface area contributed by atoms with Crippen molar-refractivity contribution in [2.75, 3.05) is 31.1 Å². The predicted molar refractivity (Wildman–Crippen MR) is 74.8 cm³/mol. The van der Waals surface area contributed by atoms with Crippen molar-refractivity contribution in [2.24, 2.45) is 5.92 Å². The predicted octanol–water partition coefficient (Wildman–Crippen LogP) is -1.16. The Morgan fingerprint density at radius 2 is 1.89 bits per heavy atom. The highest BCUT2D eigenvalue weighted by molar-refractivity contribution is 7.90. The van der Waals surface area contributed by atoms with E-state index < -0.39 is 20.0 Å². The summed E-state index contributed by atoms with van der Waals surface area (Å²) in [5, 5.41) is 3.19. The summed E-state index contributed by atoms with van der Waals surface area (Å²) in [5.41, 5.74) is 0. The minimum atomic E-state index is -3.45. The Bertz CT molecular complexity index is 475. The van der Waals surface area contributed by atoms with Crippen molar-refractivity contribution in [2.45, 2.75) is 26.3 Å². The van der Waals surface area contributed by atoms with Crippen LogP contribution in [0.3, 0.4) is 0 Å². The lowest BCUT2D eigenvalue weighted by Gasteiger charge is -2.29. The molecule has 9 heteroatoms. The molecule has 0 saturated carbocycles. The van der Waals surface area contributed by atoms with Crippen molar-refractivity contribution >= 4 is 20.0 Å². The van der Waals surface area contributed by atoms with Crippen molar-refractivity contribution in [3.63, 3.8) is 0 Å². The Hall–Kier alpha value is -0.220. The third-order valence-corrected chi connectivity index (χ3v) is 6.00. The maximum absolute atomic E-state index is 11.9. The molecule has 7 nitrogen and oxygen atoms in total. The zero-order valence-corrected chi connectivity index (χ0v) is 13.0. The average Bonchev–Trinajstić information content (AvgIpc) is 2.31. The summed E-state index contributed by atoms with van der Waals surface area (Å²) in [6.45, 7) is 4.98. The van der Waals surface area contributed by atoms with Gasteiger partial charge in [-0.05, 0) is 32.4 Å². The van der Waals surface area contributed by atoms with Crippen LogP contribution in [0.1, 0.15) is 20.3 Å². The molecule has 0 spiro atoms. The van der Waals surface area contributed by atoms with Crippen molar-refractivity contribution in [1.29, 1.82) is 0 Å². The third-order valence-electron chi connectivity index (χ3n) is 3.19. The van der Waals surface area contributed by atoms with E-state index in [2.05, 4.69) is 14.8 Å². The van der Waals surface area contributed by atoms with E-state index >= 15 is 0 Å². The smallest absolute Gasteiger partial charge is 0.213 e. The van der Waals surface area contributed by atoms with Gasteiger partial charge in [-0.1, -0.05) is 6.92 Å². The Kier molecular flexibility index (Phi) is 6.18. The van der Waals surface area contributed by atoms with Gasteiger partial charge in [0.25, 0.3) is 0 Å². The van der Waals surface area contributed by atoms with Gasteiger partial charge in [0.2, 0.25) is 20.0 Å². The zero-order chi connectivity index (χ0) is 14.5. The minimum absolute atomic E-state index is 0.0498. The standard InChI is InChI=1S/C10H23N3O4S2/c1-3-18(14,15)12-6-7-19(16,17)13-10-4-5-11-8-9(10)2/h9-13H,3-8H2,1-2H3. The molecule has 114 valence electrons. The second-order valence-electron chi connectivity index (χ2n) is 4.81. The Labute approximate surface area is 115 Å². The van der Waals surface area contributed by atoms with E-state index in [1.165, 1.54) is 6.92 Å². The summed E-state index contributed by atoms with van der Waals surface area (Å²) in [6, 6.07) is -0.0750. The molecule has 0 aliphatic carbocycles. The lowest BCUT2D eigenvalue weighted by Crippen LogP contribution is -2.49. The van der Waals surface area contributed by atoms with Gasteiger partial charge in [-0.15, -0.1) is 0 Å². The van der Waals surface area contributed by atoms with E-state index in [9.17, 15) is 16.8 Å². The van der Waals surface area contributed by atoms with Gasteiger partial charge in [-0.3, -0.25) is 0 Å². The van der Waals surface area contributed by atoms with Gasteiger partial charge >= 0.3 is 0 Å². The fraction of sp³-hybridized carbons (Fsp3) is 1.00. The molecule has 1 heterocycles. The molecule has 0 aromatic carbocycles. The molecular formula is C10H23N3O4S2. The highest BCUT2D eigenvalue weighted by Gasteiger charge is 2.25. The van der Waals surface area contributed by atoms with Crippen LogP contribution in [0.25, 0.3) is 0 Å². The quantitative estimate of drug-likeness (QED) is 0.550. The largest absolute Gasteiger partial charge is 0.316 e. The van der Waals surface area contributed by atoms with Crippen LogP contribution < -0.4 is 14.8 Å². The Balaban J connectivity index is 2.43. The molecule has 19 heavy (non-hydrogen) atoms. The molecule has 0 bridgehead atoms. The average molecular weight is 313 g/mol. The van der Waals surface area contributed by atoms with Gasteiger partial charge in [0.15, 0.2) is 0 Å². The van der Waals surface area contributed by atoms with Crippen molar-refractivity contribution in [3.05, 3.63) is 0 Å². The lowest BCUT2D eigenvalue weighted by atomic mass is 9.97. The number of hydrogen-bond donors (Lipinski definition) is 3. The van der Waals surface area contributed by atoms with Crippen molar-refractivity contribution < 1.29 is 16.8 Å². The summed E-state index contributed by atoms with van der Waals surface area (Å²) < 4.78 is 51.0. The highest BCUT2D eigenvalue weighted by atomic mass is 32.2. The van der Waals surface area contributed by atoms with Crippen LogP contribution in [0.5, 0.6) is 0 Å². The van der Waals surface area contributed by atoms with Crippen LogP contribution in [-0.4, -0.2) is 54.0 Å². The molecule has 2 atom stereocenters. The molecule has 1 aliphatic rings. The normalized spacial score (nSPS) is 25.4. The molecule has 1 fully saturated rings. The Morgan fingerprint density at radius 1 is 1.21 bits per heavy atom. The van der Waals surface area contributed by atoms with Gasteiger partial charge < -0.3 is 5.32 Å². The molecule has 0 radical (unpaired) electrons. The fourth-order valence-electron chi connectivity index (χ4n) is 1.91. The third kappa shape index (κ3) is 6.17. The summed E-state index contributed by atoms with van der Waals surface area (Å²) in [5.74, 6) is -0.0508. The number of nitrogens with one attached hydrogen (secondary N) is 3. The second-order valence-corrected chi connectivity index (χ2v) is 8.78.